The molecule has 0 atom stereocenters. The van der Waals surface area contributed by atoms with Gasteiger partial charge >= 0.3 is 0 Å². The third-order valence-electron chi connectivity index (χ3n) is 3.84. The minimum absolute atomic E-state index is 0. The number of anilines is 1. The Morgan fingerprint density at radius 1 is 1.30 bits per heavy atom. The van der Waals surface area contributed by atoms with E-state index in [1.807, 2.05) is 56.7 Å². The molecule has 3 rings (SSSR count). The molecule has 0 spiro atoms. The fraction of sp³-hybridized carbons (Fsp3) is 0.263. The number of thiophene rings is 1. The van der Waals surface area contributed by atoms with E-state index in [0.29, 0.717) is 16.7 Å². The van der Waals surface area contributed by atoms with Gasteiger partial charge in [-0.15, -0.1) is 23.7 Å². The molecule has 27 heavy (non-hydrogen) atoms. The van der Waals surface area contributed by atoms with Crippen LogP contribution in [0.2, 0.25) is 5.02 Å². The zero-order chi connectivity index (χ0) is 18.7. The molecule has 0 aliphatic carbocycles. The van der Waals surface area contributed by atoms with Gasteiger partial charge in [0.25, 0.3) is 5.91 Å². The number of carbonyl (C=O) groups excluding carboxylic acids is 1. The molecule has 144 valence electrons. The number of carbonyl (C=O) groups is 1. The number of benzene rings is 1. The van der Waals surface area contributed by atoms with E-state index in [4.69, 9.17) is 16.6 Å². The smallest absolute Gasteiger partial charge is 0.252 e. The quantitative estimate of drug-likeness (QED) is 0.483. The Kier molecular flexibility index (Phi) is 7.82. The first-order valence-electron chi connectivity index (χ1n) is 8.18. The van der Waals surface area contributed by atoms with E-state index in [2.05, 4.69) is 4.90 Å². The molecule has 8 heteroatoms. The normalized spacial score (nSPS) is 11.3. The van der Waals surface area contributed by atoms with Gasteiger partial charge in [-0.05, 0) is 56.2 Å². The van der Waals surface area contributed by atoms with Gasteiger partial charge in [0, 0.05) is 29.1 Å². The van der Waals surface area contributed by atoms with Crippen LogP contribution in [-0.4, -0.2) is 43.0 Å². The molecule has 4 nitrogen and oxygen atoms in total. The van der Waals surface area contributed by atoms with Crippen LogP contribution in [0.15, 0.2) is 35.7 Å². The molecule has 3 aromatic rings. The number of aryl methyl sites for hydroxylation is 1. The van der Waals surface area contributed by atoms with Crippen LogP contribution in [0.4, 0.5) is 5.13 Å². The highest BCUT2D eigenvalue weighted by Crippen LogP contribution is 2.33. The van der Waals surface area contributed by atoms with Gasteiger partial charge < -0.3 is 4.90 Å². The lowest BCUT2D eigenvalue weighted by Gasteiger charge is -2.20. The van der Waals surface area contributed by atoms with Gasteiger partial charge in [-0.1, -0.05) is 29.0 Å². The van der Waals surface area contributed by atoms with Crippen molar-refractivity contribution in [1.82, 2.24) is 9.88 Å². The monoisotopic (exact) mass is 441 g/mol. The fourth-order valence-corrected chi connectivity index (χ4v) is 4.56. The topological polar surface area (TPSA) is 36.4 Å². The number of fused-ring (bicyclic) bond motifs is 1. The Morgan fingerprint density at radius 3 is 2.74 bits per heavy atom. The van der Waals surface area contributed by atoms with Crippen LogP contribution in [0.3, 0.4) is 0 Å². The molecule has 0 N–H and O–H groups in total. The number of rotatable bonds is 6. The average molecular weight is 442 g/mol. The minimum atomic E-state index is -0.0666. The third-order valence-corrected chi connectivity index (χ3v) is 5.92. The van der Waals surface area contributed by atoms with Crippen LogP contribution < -0.4 is 4.90 Å². The van der Waals surface area contributed by atoms with Crippen LogP contribution in [0, 0.1) is 6.92 Å². The largest absolute Gasteiger partial charge is 0.308 e. The summed E-state index contributed by atoms with van der Waals surface area (Å²) in [4.78, 5) is 22.4. The van der Waals surface area contributed by atoms with E-state index in [1.54, 1.807) is 22.3 Å². The summed E-state index contributed by atoms with van der Waals surface area (Å²) >= 11 is 9.27. The standard InChI is InChI=1S/C19H20ClN3OS2.ClH/c1-13-11-14(20)12-16-18(13)21-19(26-16)23(9-8-22(2)3)17(24)7-6-15-5-4-10-25-15;/h4-7,10-12H,8-9H2,1-3H3;1H. The van der Waals surface area contributed by atoms with Gasteiger partial charge in [0.2, 0.25) is 0 Å². The maximum atomic E-state index is 12.8. The summed E-state index contributed by atoms with van der Waals surface area (Å²) in [7, 11) is 3.98. The summed E-state index contributed by atoms with van der Waals surface area (Å²) in [6, 6.07) is 7.76. The van der Waals surface area contributed by atoms with E-state index in [1.165, 1.54) is 11.3 Å². The fourth-order valence-electron chi connectivity index (χ4n) is 2.49. The van der Waals surface area contributed by atoms with Gasteiger partial charge in [-0.2, -0.15) is 0 Å². The van der Waals surface area contributed by atoms with E-state index in [0.717, 1.165) is 27.2 Å². The third kappa shape index (κ3) is 5.53. The van der Waals surface area contributed by atoms with Crippen molar-refractivity contribution in [2.45, 2.75) is 6.92 Å². The van der Waals surface area contributed by atoms with Crippen molar-refractivity contribution >= 4 is 74.0 Å². The first kappa shape index (κ1) is 21.9. The van der Waals surface area contributed by atoms with Gasteiger partial charge in [-0.25, -0.2) is 4.98 Å². The molecule has 0 bridgehead atoms. The zero-order valence-electron chi connectivity index (χ0n) is 15.3. The summed E-state index contributed by atoms with van der Waals surface area (Å²) in [5, 5.41) is 3.38. The SMILES string of the molecule is Cc1cc(Cl)cc2sc(N(CCN(C)C)C(=O)C=Cc3cccs3)nc12.Cl. The molecule has 0 unspecified atom stereocenters. The first-order chi connectivity index (χ1) is 12.4. The molecule has 1 aromatic carbocycles. The lowest BCUT2D eigenvalue weighted by molar-refractivity contribution is -0.114. The minimum Gasteiger partial charge on any atom is -0.308 e. The predicted octanol–water partition coefficient (Wildman–Crippen LogP) is 5.35. The van der Waals surface area contributed by atoms with Crippen molar-refractivity contribution in [3.8, 4) is 0 Å². The van der Waals surface area contributed by atoms with Crippen molar-refractivity contribution in [1.29, 1.82) is 0 Å². The Morgan fingerprint density at radius 2 is 2.07 bits per heavy atom. The molecule has 0 aliphatic heterocycles. The number of amides is 1. The summed E-state index contributed by atoms with van der Waals surface area (Å²) in [6.45, 7) is 3.32. The number of thiazole rings is 1. The van der Waals surface area contributed by atoms with Crippen LogP contribution in [0.5, 0.6) is 0 Å². The second kappa shape index (κ2) is 9.66. The zero-order valence-corrected chi connectivity index (χ0v) is 18.5. The number of likely N-dealkylation sites (N-methyl/N-ethyl adjacent to an activating group) is 1. The van der Waals surface area contributed by atoms with Crippen molar-refractivity contribution in [3.05, 3.63) is 51.2 Å². The molecular weight excluding hydrogens is 421 g/mol. The molecule has 1 amide bonds. The Hall–Kier alpha value is -1.44. The molecular formula is C19H21Cl2N3OS2. The maximum absolute atomic E-state index is 12.8. The van der Waals surface area contributed by atoms with Gasteiger partial charge in [0.1, 0.15) is 0 Å². The average Bonchev–Trinajstić information content (AvgIpc) is 3.22. The Labute approximate surface area is 178 Å². The molecule has 2 aromatic heterocycles. The highest BCUT2D eigenvalue weighted by Gasteiger charge is 2.19. The van der Waals surface area contributed by atoms with Crippen molar-refractivity contribution in [2.24, 2.45) is 0 Å². The second-order valence-corrected chi connectivity index (χ2v) is 8.63. The molecule has 0 saturated carbocycles. The van der Waals surface area contributed by atoms with Crippen molar-refractivity contribution in [2.75, 3.05) is 32.1 Å². The molecule has 0 aliphatic rings. The summed E-state index contributed by atoms with van der Waals surface area (Å²) < 4.78 is 0.995. The van der Waals surface area contributed by atoms with Crippen LogP contribution in [-0.2, 0) is 4.79 Å². The molecule has 0 fully saturated rings. The van der Waals surface area contributed by atoms with Crippen molar-refractivity contribution < 1.29 is 4.79 Å². The van der Waals surface area contributed by atoms with Gasteiger partial charge in [0.15, 0.2) is 5.13 Å². The van der Waals surface area contributed by atoms with Crippen LogP contribution in [0.1, 0.15) is 10.4 Å². The predicted molar refractivity (Wildman–Crippen MR) is 121 cm³/mol. The second-order valence-electron chi connectivity index (χ2n) is 6.21. The Balaban J connectivity index is 0.00000261. The number of hydrogen-bond acceptors (Lipinski definition) is 5. The van der Waals surface area contributed by atoms with Crippen LogP contribution >= 0.6 is 46.7 Å². The number of halogens is 2. The highest BCUT2D eigenvalue weighted by atomic mass is 35.5. The van der Waals surface area contributed by atoms with Gasteiger partial charge in [0.05, 0.1) is 10.2 Å². The summed E-state index contributed by atoms with van der Waals surface area (Å²) in [6.07, 6.45) is 3.47. The number of aromatic nitrogens is 1. The van der Waals surface area contributed by atoms with E-state index in [-0.39, 0.29) is 18.3 Å². The molecule has 2 heterocycles. The van der Waals surface area contributed by atoms with Crippen molar-refractivity contribution in [3.63, 3.8) is 0 Å². The number of nitrogens with zero attached hydrogens (tertiary/aromatic N) is 3. The summed E-state index contributed by atoms with van der Waals surface area (Å²) in [5.74, 6) is -0.0666. The molecule has 0 radical (unpaired) electrons. The lowest BCUT2D eigenvalue weighted by Crippen LogP contribution is -2.35. The van der Waals surface area contributed by atoms with E-state index >= 15 is 0 Å². The first-order valence-corrected chi connectivity index (χ1v) is 10.3. The van der Waals surface area contributed by atoms with Gasteiger partial charge in [-0.3, -0.25) is 9.69 Å². The van der Waals surface area contributed by atoms with Crippen LogP contribution in [0.25, 0.3) is 16.3 Å². The summed E-state index contributed by atoms with van der Waals surface area (Å²) in [5.41, 5.74) is 1.92. The highest BCUT2D eigenvalue weighted by molar-refractivity contribution is 7.22. The molecule has 0 saturated heterocycles. The number of hydrogen-bond donors (Lipinski definition) is 0. The lowest BCUT2D eigenvalue weighted by atomic mass is 10.2. The van der Waals surface area contributed by atoms with E-state index in [9.17, 15) is 4.79 Å². The Bertz CT molecular complexity index is 936. The maximum Gasteiger partial charge on any atom is 0.252 e. The van der Waals surface area contributed by atoms with E-state index < -0.39 is 0 Å².